The molecule has 1 amide bonds. The van der Waals surface area contributed by atoms with Crippen molar-refractivity contribution in [1.29, 1.82) is 5.26 Å². The van der Waals surface area contributed by atoms with Crippen molar-refractivity contribution in [3.05, 3.63) is 88.5 Å². The minimum atomic E-state index is -3.97. The lowest BCUT2D eigenvalue weighted by Crippen LogP contribution is -2.15. The predicted molar refractivity (Wildman–Crippen MR) is 126 cm³/mol. The van der Waals surface area contributed by atoms with Gasteiger partial charge in [-0.3, -0.25) is 19.0 Å². The highest BCUT2D eigenvalue weighted by molar-refractivity contribution is 7.92. The molecule has 0 aliphatic rings. The topological polar surface area (TPSA) is 184 Å². The normalized spacial score (nSPS) is 11.2. The summed E-state index contributed by atoms with van der Waals surface area (Å²) in [6, 6.07) is 18.6. The van der Waals surface area contributed by atoms with Crippen molar-refractivity contribution in [1.82, 2.24) is 15.3 Å². The van der Waals surface area contributed by atoms with E-state index in [1.54, 1.807) is 30.3 Å². The average Bonchev–Trinajstić information content (AvgIpc) is 3.50. The SMILES string of the molecule is N#Cc1ccc(NC(=O)c2noc3ccc(S(=O)(=O)Nc4ccccc4)cc23)c(-c2noc(=O)[nH]2)c1. The lowest BCUT2D eigenvalue weighted by Gasteiger charge is -2.09. The van der Waals surface area contributed by atoms with Crippen LogP contribution in [-0.2, 0) is 10.0 Å². The summed E-state index contributed by atoms with van der Waals surface area (Å²) < 4.78 is 37.9. The van der Waals surface area contributed by atoms with Crippen LogP contribution in [0.2, 0.25) is 0 Å². The highest BCUT2D eigenvalue weighted by atomic mass is 32.2. The molecule has 5 aromatic rings. The van der Waals surface area contributed by atoms with Gasteiger partial charge in [0.25, 0.3) is 15.9 Å². The molecule has 0 fully saturated rings. The van der Waals surface area contributed by atoms with Crippen LogP contribution in [0.25, 0.3) is 22.4 Å². The van der Waals surface area contributed by atoms with E-state index in [0.29, 0.717) is 5.69 Å². The molecule has 0 aliphatic carbocycles. The Bertz CT molecular complexity index is 1820. The zero-order chi connectivity index (χ0) is 25.3. The largest absolute Gasteiger partial charge is 0.439 e. The van der Waals surface area contributed by atoms with Crippen molar-refractivity contribution in [3.8, 4) is 17.5 Å². The lowest BCUT2D eigenvalue weighted by molar-refractivity contribution is 0.102. The van der Waals surface area contributed by atoms with Gasteiger partial charge in [0.2, 0.25) is 0 Å². The smallest absolute Gasteiger partial charge is 0.355 e. The summed E-state index contributed by atoms with van der Waals surface area (Å²) in [7, 11) is -3.97. The van der Waals surface area contributed by atoms with Crippen LogP contribution in [0.15, 0.2) is 85.5 Å². The highest BCUT2D eigenvalue weighted by Gasteiger charge is 2.22. The Morgan fingerprint density at radius 2 is 1.81 bits per heavy atom. The third kappa shape index (κ3) is 4.31. The molecule has 3 aromatic carbocycles. The molecule has 0 atom stereocenters. The number of carbonyl (C=O) groups excluding carboxylic acids is 1. The van der Waals surface area contributed by atoms with Crippen LogP contribution < -0.4 is 15.8 Å². The van der Waals surface area contributed by atoms with Gasteiger partial charge in [-0.2, -0.15) is 5.26 Å². The van der Waals surface area contributed by atoms with Gasteiger partial charge in [0.1, 0.15) is 0 Å². The summed E-state index contributed by atoms with van der Waals surface area (Å²) in [5.41, 5.74) is 1.05. The van der Waals surface area contributed by atoms with Crippen molar-refractivity contribution in [2.24, 2.45) is 0 Å². The number of sulfonamides is 1. The van der Waals surface area contributed by atoms with Gasteiger partial charge >= 0.3 is 5.76 Å². The molecule has 13 heteroatoms. The van der Waals surface area contributed by atoms with Crippen molar-refractivity contribution >= 4 is 38.3 Å². The van der Waals surface area contributed by atoms with Crippen LogP contribution >= 0.6 is 0 Å². The van der Waals surface area contributed by atoms with Crippen LogP contribution in [0.1, 0.15) is 16.1 Å². The predicted octanol–water partition coefficient (Wildman–Crippen LogP) is 3.10. The number of nitrogens with zero attached hydrogens (tertiary/aromatic N) is 3. The number of para-hydroxylation sites is 1. The van der Waals surface area contributed by atoms with Crippen molar-refractivity contribution in [3.63, 3.8) is 0 Å². The third-order valence-electron chi connectivity index (χ3n) is 5.09. The first kappa shape index (κ1) is 22.6. The van der Waals surface area contributed by atoms with E-state index in [2.05, 4.69) is 29.9 Å². The van der Waals surface area contributed by atoms with Crippen molar-refractivity contribution in [2.75, 3.05) is 10.0 Å². The standard InChI is InChI=1S/C23H14N6O6S/c24-12-13-6-8-18(16(10-13)21-26-23(31)35-28-21)25-22(30)20-17-11-15(7-9-19(17)34-27-20)36(32,33)29-14-4-2-1-3-5-14/h1-11,29H,(H,25,30)(H,26,28,31). The number of benzene rings is 3. The molecule has 36 heavy (non-hydrogen) atoms. The number of fused-ring (bicyclic) bond motifs is 1. The average molecular weight is 502 g/mol. The fraction of sp³-hybridized carbons (Fsp3) is 0. The molecular weight excluding hydrogens is 488 g/mol. The van der Waals surface area contributed by atoms with Gasteiger partial charge in [-0.1, -0.05) is 28.5 Å². The molecule has 3 N–H and O–H groups in total. The first-order valence-corrected chi connectivity index (χ1v) is 11.7. The Morgan fingerprint density at radius 3 is 2.53 bits per heavy atom. The molecule has 2 aromatic heterocycles. The van der Waals surface area contributed by atoms with Gasteiger partial charge in [0, 0.05) is 11.3 Å². The number of aromatic amines is 1. The quantitative estimate of drug-likeness (QED) is 0.314. The van der Waals surface area contributed by atoms with E-state index < -0.39 is 21.7 Å². The second kappa shape index (κ2) is 8.85. The summed E-state index contributed by atoms with van der Waals surface area (Å²) in [6.45, 7) is 0. The number of carbonyl (C=O) groups is 1. The second-order valence-electron chi connectivity index (χ2n) is 7.43. The maximum absolute atomic E-state index is 13.1. The Hall–Kier alpha value is -5.22. The molecule has 178 valence electrons. The van der Waals surface area contributed by atoms with Crippen LogP contribution in [0.5, 0.6) is 0 Å². The lowest BCUT2D eigenvalue weighted by atomic mass is 10.1. The van der Waals surface area contributed by atoms with E-state index in [4.69, 9.17) is 4.52 Å². The number of hydrogen-bond acceptors (Lipinski definition) is 9. The van der Waals surface area contributed by atoms with Gasteiger partial charge < -0.3 is 9.84 Å². The number of H-pyrrole nitrogens is 1. The summed E-state index contributed by atoms with van der Waals surface area (Å²) in [5.74, 6) is -1.54. The number of aromatic nitrogens is 3. The molecule has 0 radical (unpaired) electrons. The van der Waals surface area contributed by atoms with Gasteiger partial charge in [-0.15, -0.1) is 0 Å². The van der Waals surface area contributed by atoms with Crippen molar-refractivity contribution < 1.29 is 22.3 Å². The van der Waals surface area contributed by atoms with Gasteiger partial charge in [0.15, 0.2) is 17.1 Å². The number of hydrogen-bond donors (Lipinski definition) is 3. The second-order valence-corrected chi connectivity index (χ2v) is 9.11. The van der Waals surface area contributed by atoms with Crippen LogP contribution in [0.3, 0.4) is 0 Å². The van der Waals surface area contributed by atoms with E-state index in [0.717, 1.165) is 0 Å². The van der Waals surface area contributed by atoms with Crippen LogP contribution in [0, 0.1) is 11.3 Å². The maximum atomic E-state index is 13.1. The molecule has 0 aliphatic heterocycles. The first-order valence-electron chi connectivity index (χ1n) is 10.2. The van der Waals surface area contributed by atoms with Gasteiger partial charge in [-0.25, -0.2) is 13.2 Å². The molecule has 0 saturated heterocycles. The molecule has 2 heterocycles. The number of rotatable bonds is 6. The first-order chi connectivity index (χ1) is 17.3. The molecule has 0 bridgehead atoms. The van der Waals surface area contributed by atoms with Gasteiger partial charge in [-0.05, 0) is 48.5 Å². The van der Waals surface area contributed by atoms with Crippen LogP contribution in [0.4, 0.5) is 11.4 Å². The zero-order valence-corrected chi connectivity index (χ0v) is 18.9. The Balaban J connectivity index is 1.49. The molecule has 0 spiro atoms. The van der Waals surface area contributed by atoms with E-state index in [1.807, 2.05) is 6.07 Å². The molecule has 5 rings (SSSR count). The Morgan fingerprint density at radius 1 is 1.00 bits per heavy atom. The molecule has 0 saturated carbocycles. The molecule has 12 nitrogen and oxygen atoms in total. The number of amides is 1. The third-order valence-corrected chi connectivity index (χ3v) is 6.46. The van der Waals surface area contributed by atoms with E-state index in [1.165, 1.54) is 36.4 Å². The maximum Gasteiger partial charge on any atom is 0.439 e. The van der Waals surface area contributed by atoms with E-state index >= 15 is 0 Å². The van der Waals surface area contributed by atoms with E-state index in [-0.39, 0.29) is 44.2 Å². The number of nitrogens with one attached hydrogen (secondary N) is 3. The minimum absolute atomic E-state index is 0.00206. The fourth-order valence-corrected chi connectivity index (χ4v) is 4.50. The zero-order valence-electron chi connectivity index (χ0n) is 18.1. The number of nitriles is 1. The van der Waals surface area contributed by atoms with Crippen LogP contribution in [-0.4, -0.2) is 29.6 Å². The summed E-state index contributed by atoms with van der Waals surface area (Å²) in [4.78, 5) is 26.8. The number of anilines is 2. The highest BCUT2D eigenvalue weighted by Crippen LogP contribution is 2.28. The summed E-state index contributed by atoms with van der Waals surface area (Å²) in [5, 5.41) is 19.4. The Labute approximate surface area is 202 Å². The van der Waals surface area contributed by atoms with Crippen molar-refractivity contribution in [2.45, 2.75) is 4.90 Å². The fourth-order valence-electron chi connectivity index (χ4n) is 3.42. The minimum Gasteiger partial charge on any atom is -0.355 e. The molecule has 0 unspecified atom stereocenters. The summed E-state index contributed by atoms with van der Waals surface area (Å²) >= 11 is 0. The van der Waals surface area contributed by atoms with Gasteiger partial charge in [0.05, 0.1) is 27.6 Å². The summed E-state index contributed by atoms with van der Waals surface area (Å²) in [6.07, 6.45) is 0. The Kier molecular flexibility index (Phi) is 5.55. The van der Waals surface area contributed by atoms with E-state index in [9.17, 15) is 23.3 Å². The monoisotopic (exact) mass is 502 g/mol. The molecular formula is C23H14N6O6S.